The van der Waals surface area contributed by atoms with Crippen LogP contribution in [0.4, 0.5) is 11.4 Å². The second-order valence-electron chi connectivity index (χ2n) is 7.66. The average molecular weight is 602 g/mol. The molecule has 1 heterocycles. The van der Waals surface area contributed by atoms with Crippen LogP contribution in [0.2, 0.25) is 0 Å². The number of rotatable bonds is 9. The molecular weight excluding hydrogens is 580 g/mol. The number of ether oxygens (including phenoxy) is 3. The fourth-order valence-corrected chi connectivity index (χ4v) is 5.44. The molecule has 0 radical (unpaired) electrons. The standard InChI is InChI=1S/C26H21BrN2O6S2/c1-3-34-22-13-17(12-19(27)24(22)35-15-16-8-10-18(11-9-16)29(31)32)14-23-25(30)28(26(36)37-23)20-6-4-5-7-21(20)33-2/h4-14H,3,15H2,1-2H3/b23-14+. The first-order valence-electron chi connectivity index (χ1n) is 11.1. The molecule has 190 valence electrons. The summed E-state index contributed by atoms with van der Waals surface area (Å²) in [4.78, 5) is 25.6. The van der Waals surface area contributed by atoms with Gasteiger partial charge >= 0.3 is 0 Å². The van der Waals surface area contributed by atoms with Crippen LogP contribution in [0.3, 0.4) is 0 Å². The minimum absolute atomic E-state index is 0.0143. The van der Waals surface area contributed by atoms with Crippen molar-refractivity contribution in [3.63, 3.8) is 0 Å². The third-order valence-electron chi connectivity index (χ3n) is 5.28. The number of anilines is 1. The molecule has 11 heteroatoms. The summed E-state index contributed by atoms with van der Waals surface area (Å²) in [5.74, 6) is 1.28. The lowest BCUT2D eigenvalue weighted by Crippen LogP contribution is -2.27. The third kappa shape index (κ3) is 5.95. The van der Waals surface area contributed by atoms with E-state index in [0.717, 1.165) is 11.1 Å². The normalized spacial score (nSPS) is 14.2. The van der Waals surface area contributed by atoms with Crippen molar-refractivity contribution in [2.45, 2.75) is 13.5 Å². The first-order valence-corrected chi connectivity index (χ1v) is 13.1. The van der Waals surface area contributed by atoms with Crippen LogP contribution in [0.15, 0.2) is 70.0 Å². The van der Waals surface area contributed by atoms with Crippen molar-refractivity contribution >= 4 is 67.6 Å². The summed E-state index contributed by atoms with van der Waals surface area (Å²) < 4.78 is 18.2. The molecule has 1 amide bonds. The van der Waals surface area contributed by atoms with Crippen LogP contribution < -0.4 is 19.1 Å². The van der Waals surface area contributed by atoms with Crippen LogP contribution in [0.5, 0.6) is 17.2 Å². The fraction of sp³-hybridized carbons (Fsp3) is 0.154. The van der Waals surface area contributed by atoms with Gasteiger partial charge in [-0.3, -0.25) is 19.8 Å². The van der Waals surface area contributed by atoms with Crippen molar-refractivity contribution in [1.82, 2.24) is 0 Å². The van der Waals surface area contributed by atoms with E-state index in [4.69, 9.17) is 26.4 Å². The number of thioether (sulfide) groups is 1. The molecule has 0 aromatic heterocycles. The zero-order valence-corrected chi connectivity index (χ0v) is 23.0. The van der Waals surface area contributed by atoms with Crippen molar-refractivity contribution in [3.05, 3.63) is 91.3 Å². The second-order valence-corrected chi connectivity index (χ2v) is 10.2. The number of methoxy groups -OCH3 is 1. The van der Waals surface area contributed by atoms with Gasteiger partial charge < -0.3 is 14.2 Å². The highest BCUT2D eigenvalue weighted by Crippen LogP contribution is 2.42. The molecule has 1 aliphatic rings. The highest BCUT2D eigenvalue weighted by molar-refractivity contribution is 9.10. The SMILES string of the molecule is CCOc1cc(/C=C2/SC(=S)N(c3ccccc3OC)C2=O)cc(Br)c1OCc1ccc([N+](=O)[O-])cc1. The predicted molar refractivity (Wildman–Crippen MR) is 151 cm³/mol. The summed E-state index contributed by atoms with van der Waals surface area (Å²) >= 11 is 10.3. The molecule has 37 heavy (non-hydrogen) atoms. The smallest absolute Gasteiger partial charge is 0.270 e. The molecule has 0 saturated carbocycles. The molecule has 1 fully saturated rings. The second kappa shape index (κ2) is 11.8. The Balaban J connectivity index is 1.58. The van der Waals surface area contributed by atoms with E-state index >= 15 is 0 Å². The maximum atomic E-state index is 13.3. The van der Waals surface area contributed by atoms with E-state index in [-0.39, 0.29) is 18.2 Å². The minimum Gasteiger partial charge on any atom is -0.495 e. The summed E-state index contributed by atoms with van der Waals surface area (Å²) in [6.45, 7) is 2.45. The molecule has 0 atom stereocenters. The van der Waals surface area contributed by atoms with Crippen molar-refractivity contribution in [1.29, 1.82) is 0 Å². The van der Waals surface area contributed by atoms with Gasteiger partial charge in [-0.05, 0) is 76.5 Å². The molecule has 1 aliphatic heterocycles. The van der Waals surface area contributed by atoms with Crippen LogP contribution in [-0.4, -0.2) is 28.9 Å². The number of thiocarbonyl (C=S) groups is 1. The number of carbonyl (C=O) groups is 1. The van der Waals surface area contributed by atoms with Gasteiger partial charge in [0.25, 0.3) is 11.6 Å². The Morgan fingerprint density at radius 1 is 1.11 bits per heavy atom. The lowest BCUT2D eigenvalue weighted by molar-refractivity contribution is -0.384. The van der Waals surface area contributed by atoms with E-state index < -0.39 is 4.92 Å². The average Bonchev–Trinajstić information content (AvgIpc) is 3.16. The largest absolute Gasteiger partial charge is 0.495 e. The summed E-state index contributed by atoms with van der Waals surface area (Å²) in [6, 6.07) is 17.0. The Bertz CT molecular complexity index is 1390. The van der Waals surface area contributed by atoms with Gasteiger partial charge in [0.2, 0.25) is 0 Å². The monoisotopic (exact) mass is 600 g/mol. The van der Waals surface area contributed by atoms with Crippen LogP contribution in [-0.2, 0) is 11.4 Å². The molecule has 8 nitrogen and oxygen atoms in total. The molecule has 0 N–H and O–H groups in total. The van der Waals surface area contributed by atoms with Crippen molar-refractivity contribution < 1.29 is 23.9 Å². The highest BCUT2D eigenvalue weighted by Gasteiger charge is 2.35. The van der Waals surface area contributed by atoms with E-state index in [1.807, 2.05) is 25.1 Å². The molecule has 0 bridgehead atoms. The molecule has 3 aromatic carbocycles. The first kappa shape index (κ1) is 26.6. The summed E-state index contributed by atoms with van der Waals surface area (Å²) in [5.41, 5.74) is 2.09. The van der Waals surface area contributed by atoms with E-state index in [1.54, 1.807) is 43.5 Å². The number of halogens is 1. The number of nitrogens with zero attached hydrogens (tertiary/aromatic N) is 2. The number of para-hydroxylation sites is 2. The lowest BCUT2D eigenvalue weighted by atomic mass is 10.1. The summed E-state index contributed by atoms with van der Waals surface area (Å²) in [7, 11) is 1.55. The number of benzene rings is 3. The van der Waals surface area contributed by atoms with Gasteiger partial charge in [0.1, 0.15) is 12.4 Å². The number of hydrogen-bond acceptors (Lipinski definition) is 8. The Kier molecular flexibility index (Phi) is 8.47. The van der Waals surface area contributed by atoms with Crippen molar-refractivity contribution in [2.24, 2.45) is 0 Å². The lowest BCUT2D eigenvalue weighted by Gasteiger charge is -2.17. The van der Waals surface area contributed by atoms with E-state index in [9.17, 15) is 14.9 Å². The van der Waals surface area contributed by atoms with Crippen molar-refractivity contribution in [2.75, 3.05) is 18.6 Å². The van der Waals surface area contributed by atoms with Crippen LogP contribution in [0.25, 0.3) is 6.08 Å². The summed E-state index contributed by atoms with van der Waals surface area (Å²) in [5, 5.41) is 10.9. The first-order chi connectivity index (χ1) is 17.8. The number of nitro benzene ring substituents is 1. The zero-order chi connectivity index (χ0) is 26.5. The van der Waals surface area contributed by atoms with Gasteiger partial charge in [0.05, 0.1) is 33.7 Å². The molecule has 1 saturated heterocycles. The van der Waals surface area contributed by atoms with Gasteiger partial charge in [-0.1, -0.05) is 36.1 Å². The molecule has 3 aromatic rings. The van der Waals surface area contributed by atoms with Gasteiger partial charge in [0.15, 0.2) is 15.8 Å². The quantitative estimate of drug-likeness (QED) is 0.115. The fourth-order valence-electron chi connectivity index (χ4n) is 3.58. The van der Waals surface area contributed by atoms with Crippen LogP contribution >= 0.6 is 39.9 Å². The Morgan fingerprint density at radius 3 is 2.51 bits per heavy atom. The van der Waals surface area contributed by atoms with Gasteiger partial charge in [-0.15, -0.1) is 0 Å². The third-order valence-corrected chi connectivity index (χ3v) is 7.17. The van der Waals surface area contributed by atoms with E-state index in [2.05, 4.69) is 15.9 Å². The Morgan fingerprint density at radius 2 is 1.84 bits per heavy atom. The number of carbonyl (C=O) groups excluding carboxylic acids is 1. The van der Waals surface area contributed by atoms with E-state index in [0.29, 0.717) is 43.2 Å². The molecule has 0 spiro atoms. The highest BCUT2D eigenvalue weighted by atomic mass is 79.9. The van der Waals surface area contributed by atoms with Gasteiger partial charge in [0, 0.05) is 12.1 Å². The number of nitro groups is 1. The predicted octanol–water partition coefficient (Wildman–Crippen LogP) is 6.75. The molecular formula is C26H21BrN2O6S2. The minimum atomic E-state index is -0.447. The molecule has 0 unspecified atom stereocenters. The Labute approximate surface area is 231 Å². The molecule has 4 rings (SSSR count). The van der Waals surface area contributed by atoms with Gasteiger partial charge in [-0.25, -0.2) is 0 Å². The number of non-ortho nitro benzene ring substituents is 1. The number of hydrogen-bond donors (Lipinski definition) is 0. The summed E-state index contributed by atoms with van der Waals surface area (Å²) in [6.07, 6.45) is 1.75. The maximum absolute atomic E-state index is 13.3. The van der Waals surface area contributed by atoms with E-state index in [1.165, 1.54) is 28.8 Å². The van der Waals surface area contributed by atoms with Crippen LogP contribution in [0, 0.1) is 10.1 Å². The topological polar surface area (TPSA) is 91.1 Å². The van der Waals surface area contributed by atoms with Gasteiger partial charge in [-0.2, -0.15) is 0 Å². The maximum Gasteiger partial charge on any atom is 0.270 e. The van der Waals surface area contributed by atoms with Crippen LogP contribution in [0.1, 0.15) is 18.1 Å². The van der Waals surface area contributed by atoms with Crippen molar-refractivity contribution in [3.8, 4) is 17.2 Å². The Hall–Kier alpha value is -3.41. The molecule has 0 aliphatic carbocycles. The zero-order valence-electron chi connectivity index (χ0n) is 19.8. The number of amides is 1.